The summed E-state index contributed by atoms with van der Waals surface area (Å²) < 4.78 is 5.79. The Morgan fingerprint density at radius 1 is 1.07 bits per heavy atom. The number of nitro groups is 1. The van der Waals surface area contributed by atoms with Gasteiger partial charge in [0.25, 0.3) is 11.6 Å². The highest BCUT2D eigenvalue weighted by atomic mass is 16.6. The summed E-state index contributed by atoms with van der Waals surface area (Å²) in [6.45, 7) is 3.55. The molecule has 0 atom stereocenters. The van der Waals surface area contributed by atoms with Crippen molar-refractivity contribution in [2.45, 2.75) is 13.8 Å². The molecule has 29 heavy (non-hydrogen) atoms. The minimum Gasteiger partial charge on any atom is -0.436 e. The van der Waals surface area contributed by atoms with Crippen molar-refractivity contribution < 1.29 is 14.1 Å². The molecular weight excluding hydrogens is 370 g/mol. The van der Waals surface area contributed by atoms with Crippen molar-refractivity contribution in [3.63, 3.8) is 0 Å². The number of benzene rings is 3. The van der Waals surface area contributed by atoms with Gasteiger partial charge < -0.3 is 9.73 Å². The first kappa shape index (κ1) is 18.4. The van der Waals surface area contributed by atoms with Crippen LogP contribution in [0.5, 0.6) is 0 Å². The van der Waals surface area contributed by atoms with Gasteiger partial charge in [0.2, 0.25) is 5.89 Å². The molecule has 0 aliphatic rings. The first-order valence-corrected chi connectivity index (χ1v) is 8.95. The van der Waals surface area contributed by atoms with Crippen LogP contribution in [0, 0.1) is 24.0 Å². The Kier molecular flexibility index (Phi) is 4.56. The van der Waals surface area contributed by atoms with Crippen LogP contribution < -0.4 is 5.32 Å². The lowest BCUT2D eigenvalue weighted by atomic mass is 10.1. The molecule has 1 heterocycles. The Morgan fingerprint density at radius 3 is 2.55 bits per heavy atom. The molecule has 4 rings (SSSR count). The van der Waals surface area contributed by atoms with E-state index in [2.05, 4.69) is 10.3 Å². The highest BCUT2D eigenvalue weighted by Crippen LogP contribution is 2.27. The third-order valence-electron chi connectivity index (χ3n) is 4.68. The maximum absolute atomic E-state index is 12.5. The summed E-state index contributed by atoms with van der Waals surface area (Å²) in [6.07, 6.45) is 0. The van der Waals surface area contributed by atoms with Gasteiger partial charge in [-0.15, -0.1) is 0 Å². The third-order valence-corrected chi connectivity index (χ3v) is 4.68. The van der Waals surface area contributed by atoms with Crippen LogP contribution >= 0.6 is 0 Å². The van der Waals surface area contributed by atoms with Gasteiger partial charge in [0.15, 0.2) is 5.58 Å². The number of fused-ring (bicyclic) bond motifs is 1. The van der Waals surface area contributed by atoms with Gasteiger partial charge in [-0.05, 0) is 61.9 Å². The number of nitrogens with one attached hydrogen (secondary N) is 1. The first-order chi connectivity index (χ1) is 13.9. The van der Waals surface area contributed by atoms with Crippen molar-refractivity contribution in [1.82, 2.24) is 4.98 Å². The number of nitrogens with zero attached hydrogens (tertiary/aromatic N) is 2. The van der Waals surface area contributed by atoms with E-state index in [0.29, 0.717) is 22.7 Å². The normalized spacial score (nSPS) is 10.8. The molecule has 0 bridgehead atoms. The van der Waals surface area contributed by atoms with Gasteiger partial charge >= 0.3 is 0 Å². The molecule has 1 aromatic heterocycles. The lowest BCUT2D eigenvalue weighted by Crippen LogP contribution is -2.14. The molecule has 0 radical (unpaired) electrons. The highest BCUT2D eigenvalue weighted by Gasteiger charge is 2.18. The van der Waals surface area contributed by atoms with E-state index >= 15 is 0 Å². The number of aromatic nitrogens is 1. The Bertz CT molecular complexity index is 1240. The molecular formula is C22H17N3O4. The average Bonchev–Trinajstić information content (AvgIpc) is 3.11. The highest BCUT2D eigenvalue weighted by molar-refractivity contribution is 6.05. The van der Waals surface area contributed by atoms with Gasteiger partial charge in [-0.1, -0.05) is 12.1 Å². The van der Waals surface area contributed by atoms with Crippen molar-refractivity contribution in [1.29, 1.82) is 0 Å². The Hall–Kier alpha value is -4.00. The number of hydrogen-bond acceptors (Lipinski definition) is 5. The molecule has 0 spiro atoms. The van der Waals surface area contributed by atoms with Gasteiger partial charge in [-0.3, -0.25) is 14.9 Å². The van der Waals surface area contributed by atoms with Crippen LogP contribution in [0.1, 0.15) is 21.5 Å². The number of carbonyl (C=O) groups excluding carboxylic acids is 1. The molecule has 0 saturated heterocycles. The number of amides is 1. The molecule has 0 unspecified atom stereocenters. The number of nitro benzene ring substituents is 1. The fraction of sp³-hybridized carbons (Fsp3) is 0.0909. The van der Waals surface area contributed by atoms with E-state index in [9.17, 15) is 14.9 Å². The largest absolute Gasteiger partial charge is 0.436 e. The zero-order chi connectivity index (χ0) is 20.5. The van der Waals surface area contributed by atoms with Crippen LogP contribution in [0.15, 0.2) is 65.1 Å². The molecule has 3 aromatic carbocycles. The van der Waals surface area contributed by atoms with Crippen molar-refractivity contribution >= 4 is 28.4 Å². The molecule has 1 N–H and O–H groups in total. The lowest BCUT2D eigenvalue weighted by Gasteiger charge is -2.08. The topological polar surface area (TPSA) is 98.3 Å². The molecule has 4 aromatic rings. The number of aryl methyl sites for hydroxylation is 1. The standard InChI is InChI=1S/C22H17N3O4/c1-13-6-11-20-18(12-13)24-22(29-20)15-7-9-16(10-8-15)23-21(26)17-4-3-5-19(14(17)2)25(27)28/h3-12H,1-2H3,(H,23,26). The minimum atomic E-state index is -0.497. The molecule has 144 valence electrons. The van der Waals surface area contributed by atoms with E-state index in [1.807, 2.05) is 25.1 Å². The van der Waals surface area contributed by atoms with Crippen molar-refractivity contribution in [2.75, 3.05) is 5.32 Å². The van der Waals surface area contributed by atoms with E-state index in [1.165, 1.54) is 12.1 Å². The second-order valence-corrected chi connectivity index (χ2v) is 6.73. The second kappa shape index (κ2) is 7.20. The summed E-state index contributed by atoms with van der Waals surface area (Å²) in [5, 5.41) is 13.8. The molecule has 0 aliphatic carbocycles. The SMILES string of the molecule is Cc1ccc2oc(-c3ccc(NC(=O)c4cccc([N+](=O)[O-])c4C)cc3)nc2c1. The number of anilines is 1. The van der Waals surface area contributed by atoms with Crippen LogP contribution in [-0.2, 0) is 0 Å². The zero-order valence-electron chi connectivity index (χ0n) is 15.8. The molecule has 0 saturated carbocycles. The lowest BCUT2D eigenvalue weighted by molar-refractivity contribution is -0.385. The average molecular weight is 387 g/mol. The molecule has 0 fully saturated rings. The Balaban J connectivity index is 1.56. The van der Waals surface area contributed by atoms with Crippen LogP contribution in [0.3, 0.4) is 0 Å². The number of hydrogen-bond donors (Lipinski definition) is 1. The summed E-state index contributed by atoms with van der Waals surface area (Å²) >= 11 is 0. The minimum absolute atomic E-state index is 0.0841. The number of oxazole rings is 1. The van der Waals surface area contributed by atoms with Crippen molar-refractivity contribution in [2.24, 2.45) is 0 Å². The fourth-order valence-electron chi connectivity index (χ4n) is 3.12. The van der Waals surface area contributed by atoms with Gasteiger partial charge in [-0.2, -0.15) is 0 Å². The van der Waals surface area contributed by atoms with E-state index in [4.69, 9.17) is 4.42 Å². The molecule has 7 heteroatoms. The maximum Gasteiger partial charge on any atom is 0.273 e. The smallest absolute Gasteiger partial charge is 0.273 e. The van der Waals surface area contributed by atoms with E-state index in [-0.39, 0.29) is 11.3 Å². The van der Waals surface area contributed by atoms with Crippen molar-refractivity contribution in [3.05, 3.63) is 87.5 Å². The summed E-state index contributed by atoms with van der Waals surface area (Å²) in [5.41, 5.74) is 4.46. The van der Waals surface area contributed by atoms with Crippen LogP contribution in [0.2, 0.25) is 0 Å². The predicted molar refractivity (Wildman–Crippen MR) is 110 cm³/mol. The second-order valence-electron chi connectivity index (χ2n) is 6.73. The van der Waals surface area contributed by atoms with Crippen LogP contribution in [0.4, 0.5) is 11.4 Å². The summed E-state index contributed by atoms with van der Waals surface area (Å²) in [5.74, 6) is 0.0919. The van der Waals surface area contributed by atoms with Gasteiger partial charge in [0.1, 0.15) is 5.52 Å². The maximum atomic E-state index is 12.5. The van der Waals surface area contributed by atoms with Gasteiger partial charge in [-0.25, -0.2) is 4.98 Å². The monoisotopic (exact) mass is 387 g/mol. The van der Waals surface area contributed by atoms with Crippen LogP contribution in [0.25, 0.3) is 22.6 Å². The van der Waals surface area contributed by atoms with Gasteiger partial charge in [0, 0.05) is 28.4 Å². The summed E-state index contributed by atoms with van der Waals surface area (Å²) in [6, 6.07) is 17.3. The Morgan fingerprint density at radius 2 is 1.83 bits per heavy atom. The molecule has 7 nitrogen and oxygen atoms in total. The predicted octanol–water partition coefficient (Wildman–Crippen LogP) is 5.27. The summed E-state index contributed by atoms with van der Waals surface area (Å²) in [4.78, 5) is 27.6. The van der Waals surface area contributed by atoms with E-state index < -0.39 is 10.8 Å². The molecule has 0 aliphatic heterocycles. The van der Waals surface area contributed by atoms with Gasteiger partial charge in [0.05, 0.1) is 4.92 Å². The zero-order valence-corrected chi connectivity index (χ0v) is 15.8. The van der Waals surface area contributed by atoms with Crippen LogP contribution in [-0.4, -0.2) is 15.8 Å². The number of rotatable bonds is 4. The van der Waals surface area contributed by atoms with Crippen molar-refractivity contribution in [3.8, 4) is 11.5 Å². The molecule has 1 amide bonds. The summed E-state index contributed by atoms with van der Waals surface area (Å²) in [7, 11) is 0. The van der Waals surface area contributed by atoms with E-state index in [1.54, 1.807) is 37.3 Å². The Labute approximate surface area is 166 Å². The first-order valence-electron chi connectivity index (χ1n) is 8.95. The number of carbonyl (C=O) groups is 1. The van der Waals surface area contributed by atoms with E-state index in [0.717, 1.165) is 16.6 Å². The fourth-order valence-corrected chi connectivity index (χ4v) is 3.12. The third kappa shape index (κ3) is 3.58. The quantitative estimate of drug-likeness (QED) is 0.380.